The molecule has 1 heterocycles. The lowest BCUT2D eigenvalue weighted by Crippen LogP contribution is -1.96. The monoisotopic (exact) mass is 394 g/mol. The van der Waals surface area contributed by atoms with E-state index < -0.39 is 0 Å². The summed E-state index contributed by atoms with van der Waals surface area (Å²) in [6.45, 7) is 0. The minimum absolute atomic E-state index is 0. The molecule has 4 nitrogen and oxygen atoms in total. The van der Waals surface area contributed by atoms with E-state index >= 15 is 0 Å². The molecular weight excluding hydrogens is 380 g/mol. The van der Waals surface area contributed by atoms with Gasteiger partial charge in [-0.05, 0) is 36.4 Å². The molecule has 0 atom stereocenters. The Morgan fingerprint density at radius 2 is 1.78 bits per heavy atom. The summed E-state index contributed by atoms with van der Waals surface area (Å²) >= 11 is 3.47. The number of benzene rings is 2. The molecule has 0 saturated carbocycles. The number of ether oxygens (including phenoxy) is 2. The minimum Gasteiger partial charge on any atom is -0.497 e. The van der Waals surface area contributed by atoms with Crippen LogP contribution in [0.15, 0.2) is 53.1 Å². The summed E-state index contributed by atoms with van der Waals surface area (Å²) in [5, 5.41) is 4.45. The molecule has 0 aliphatic rings. The number of fused-ring (bicyclic) bond motifs is 1. The fraction of sp³-hybridized carbons (Fsp3) is 0.118. The van der Waals surface area contributed by atoms with Gasteiger partial charge < -0.3 is 14.8 Å². The van der Waals surface area contributed by atoms with Gasteiger partial charge in [-0.2, -0.15) is 0 Å². The Kier molecular flexibility index (Phi) is 5.69. The number of nitrogens with one attached hydrogen (secondary N) is 1. The van der Waals surface area contributed by atoms with Crippen LogP contribution in [-0.4, -0.2) is 19.2 Å². The summed E-state index contributed by atoms with van der Waals surface area (Å²) < 4.78 is 11.7. The van der Waals surface area contributed by atoms with Gasteiger partial charge in [0.05, 0.1) is 25.4 Å². The number of halogens is 2. The second-order valence-electron chi connectivity index (χ2n) is 4.71. The smallest absolute Gasteiger partial charge is 0.145 e. The van der Waals surface area contributed by atoms with Crippen LogP contribution in [0.5, 0.6) is 11.5 Å². The van der Waals surface area contributed by atoms with Crippen LogP contribution in [0, 0.1) is 0 Å². The highest BCUT2D eigenvalue weighted by atomic mass is 79.9. The van der Waals surface area contributed by atoms with E-state index in [1.807, 2.05) is 42.5 Å². The molecule has 0 saturated heterocycles. The third-order valence-corrected chi connectivity index (χ3v) is 3.88. The van der Waals surface area contributed by atoms with Gasteiger partial charge in [0, 0.05) is 27.8 Å². The van der Waals surface area contributed by atoms with Crippen molar-refractivity contribution in [2.75, 3.05) is 19.5 Å². The Hall–Kier alpha value is -1.98. The maximum atomic E-state index is 5.43. The fourth-order valence-electron chi connectivity index (χ4n) is 2.28. The number of hydrogen-bond acceptors (Lipinski definition) is 4. The van der Waals surface area contributed by atoms with E-state index in [9.17, 15) is 0 Å². The second-order valence-corrected chi connectivity index (χ2v) is 5.63. The lowest BCUT2D eigenvalue weighted by atomic mass is 10.1. The van der Waals surface area contributed by atoms with Crippen molar-refractivity contribution in [3.63, 3.8) is 0 Å². The molecule has 2 aromatic carbocycles. The molecule has 0 spiro atoms. The minimum atomic E-state index is 0. The van der Waals surface area contributed by atoms with Crippen molar-refractivity contribution in [2.24, 2.45) is 0 Å². The Morgan fingerprint density at radius 1 is 0.957 bits per heavy atom. The molecule has 0 bridgehead atoms. The van der Waals surface area contributed by atoms with Crippen molar-refractivity contribution in [1.82, 2.24) is 4.98 Å². The number of hydrogen-bond donors (Lipinski definition) is 1. The molecule has 0 unspecified atom stereocenters. The van der Waals surface area contributed by atoms with E-state index in [1.165, 1.54) is 0 Å². The lowest BCUT2D eigenvalue weighted by molar-refractivity contribution is 0.395. The van der Waals surface area contributed by atoms with Gasteiger partial charge in [-0.1, -0.05) is 15.9 Å². The van der Waals surface area contributed by atoms with Gasteiger partial charge in [-0.3, -0.25) is 4.98 Å². The standard InChI is InChI=1S/C17H15BrN2O2.ClH/c1-21-12-4-6-15(17(10-12)22-2)20-14-7-8-19-16-9-11(18)3-5-13(14)16;/h3-10H,1-2H3,(H,19,20);1H. The molecule has 0 fully saturated rings. The Balaban J connectivity index is 0.00000192. The quantitative estimate of drug-likeness (QED) is 0.661. The first-order valence-corrected chi connectivity index (χ1v) is 7.54. The summed E-state index contributed by atoms with van der Waals surface area (Å²) in [5.41, 5.74) is 2.77. The van der Waals surface area contributed by atoms with Gasteiger partial charge in [0.25, 0.3) is 0 Å². The van der Waals surface area contributed by atoms with Crippen LogP contribution in [0.25, 0.3) is 10.9 Å². The predicted octanol–water partition coefficient (Wildman–Crippen LogP) is 5.18. The van der Waals surface area contributed by atoms with Crippen LogP contribution >= 0.6 is 28.3 Å². The van der Waals surface area contributed by atoms with Crippen LogP contribution in [-0.2, 0) is 0 Å². The van der Waals surface area contributed by atoms with Crippen molar-refractivity contribution in [2.45, 2.75) is 0 Å². The topological polar surface area (TPSA) is 43.4 Å². The molecule has 3 rings (SSSR count). The number of anilines is 2. The SMILES string of the molecule is COc1ccc(Nc2ccnc3cc(Br)ccc23)c(OC)c1.Cl. The number of rotatable bonds is 4. The first-order chi connectivity index (χ1) is 10.7. The Labute approximate surface area is 149 Å². The number of aromatic nitrogens is 1. The third-order valence-electron chi connectivity index (χ3n) is 3.38. The van der Waals surface area contributed by atoms with Gasteiger partial charge in [-0.15, -0.1) is 12.4 Å². The van der Waals surface area contributed by atoms with Gasteiger partial charge in [0.2, 0.25) is 0 Å². The Bertz CT molecular complexity index is 827. The number of methoxy groups -OCH3 is 2. The van der Waals surface area contributed by atoms with Gasteiger partial charge in [-0.25, -0.2) is 0 Å². The molecule has 3 aromatic rings. The van der Waals surface area contributed by atoms with E-state index in [0.29, 0.717) is 0 Å². The summed E-state index contributed by atoms with van der Waals surface area (Å²) in [4.78, 5) is 4.39. The molecule has 1 N–H and O–H groups in total. The normalized spacial score (nSPS) is 10.0. The van der Waals surface area contributed by atoms with Crippen LogP contribution < -0.4 is 14.8 Å². The van der Waals surface area contributed by atoms with Gasteiger partial charge in [0.1, 0.15) is 11.5 Å². The zero-order valence-corrected chi connectivity index (χ0v) is 15.1. The number of pyridine rings is 1. The van der Waals surface area contributed by atoms with Gasteiger partial charge >= 0.3 is 0 Å². The predicted molar refractivity (Wildman–Crippen MR) is 99.5 cm³/mol. The first kappa shape index (κ1) is 17.4. The first-order valence-electron chi connectivity index (χ1n) is 6.74. The molecular formula is C17H16BrClN2O2. The van der Waals surface area contributed by atoms with Crippen LogP contribution in [0.1, 0.15) is 0 Å². The maximum Gasteiger partial charge on any atom is 0.145 e. The van der Waals surface area contributed by atoms with E-state index in [2.05, 4.69) is 26.2 Å². The summed E-state index contributed by atoms with van der Waals surface area (Å²) in [6.07, 6.45) is 1.78. The van der Waals surface area contributed by atoms with Crippen LogP contribution in [0.3, 0.4) is 0 Å². The lowest BCUT2D eigenvalue weighted by Gasteiger charge is -2.14. The molecule has 0 aliphatic carbocycles. The van der Waals surface area contributed by atoms with Crippen molar-refractivity contribution >= 4 is 50.6 Å². The highest BCUT2D eigenvalue weighted by Crippen LogP contribution is 2.33. The van der Waals surface area contributed by atoms with Crippen LogP contribution in [0.4, 0.5) is 11.4 Å². The zero-order chi connectivity index (χ0) is 15.5. The summed E-state index contributed by atoms with van der Waals surface area (Å²) in [6, 6.07) is 13.6. The van der Waals surface area contributed by atoms with E-state index in [1.54, 1.807) is 20.4 Å². The zero-order valence-electron chi connectivity index (χ0n) is 12.7. The van der Waals surface area contributed by atoms with E-state index in [-0.39, 0.29) is 12.4 Å². The largest absolute Gasteiger partial charge is 0.497 e. The highest BCUT2D eigenvalue weighted by Gasteiger charge is 2.08. The van der Waals surface area contributed by atoms with Crippen molar-refractivity contribution in [3.05, 3.63) is 53.1 Å². The highest BCUT2D eigenvalue weighted by molar-refractivity contribution is 9.10. The molecule has 23 heavy (non-hydrogen) atoms. The van der Waals surface area contributed by atoms with E-state index in [4.69, 9.17) is 9.47 Å². The van der Waals surface area contributed by atoms with Crippen LogP contribution in [0.2, 0.25) is 0 Å². The van der Waals surface area contributed by atoms with Crippen molar-refractivity contribution in [3.8, 4) is 11.5 Å². The summed E-state index contributed by atoms with van der Waals surface area (Å²) in [7, 11) is 3.28. The second kappa shape index (κ2) is 7.53. The number of nitrogens with zero attached hydrogens (tertiary/aromatic N) is 1. The summed E-state index contributed by atoms with van der Waals surface area (Å²) in [5.74, 6) is 1.48. The van der Waals surface area contributed by atoms with Crippen molar-refractivity contribution < 1.29 is 9.47 Å². The average molecular weight is 396 g/mol. The fourth-order valence-corrected chi connectivity index (χ4v) is 2.63. The van der Waals surface area contributed by atoms with E-state index in [0.717, 1.165) is 38.2 Å². The molecule has 6 heteroatoms. The Morgan fingerprint density at radius 3 is 2.52 bits per heavy atom. The molecule has 120 valence electrons. The molecule has 0 radical (unpaired) electrons. The molecule has 1 aromatic heterocycles. The molecule has 0 amide bonds. The van der Waals surface area contributed by atoms with Gasteiger partial charge in [0.15, 0.2) is 0 Å². The maximum absolute atomic E-state index is 5.43. The molecule has 0 aliphatic heterocycles. The third kappa shape index (κ3) is 3.68. The average Bonchev–Trinajstić information content (AvgIpc) is 2.55. The van der Waals surface area contributed by atoms with Crippen molar-refractivity contribution in [1.29, 1.82) is 0 Å².